The maximum Gasteiger partial charge on any atom is 0.418 e. The van der Waals surface area contributed by atoms with Gasteiger partial charge in [-0.25, -0.2) is 4.98 Å². The molecule has 2 aromatic rings. The summed E-state index contributed by atoms with van der Waals surface area (Å²) >= 11 is 0. The van der Waals surface area contributed by atoms with Crippen LogP contribution in [0.1, 0.15) is 29.4 Å². The molecule has 94 valence electrons. The van der Waals surface area contributed by atoms with Crippen molar-refractivity contribution in [3.05, 3.63) is 28.6 Å². The van der Waals surface area contributed by atoms with Gasteiger partial charge in [0.1, 0.15) is 5.82 Å². The van der Waals surface area contributed by atoms with Gasteiger partial charge >= 0.3 is 6.18 Å². The van der Waals surface area contributed by atoms with Gasteiger partial charge in [0.15, 0.2) is 0 Å². The summed E-state index contributed by atoms with van der Waals surface area (Å²) in [6, 6.07) is 2.82. The smallest absolute Gasteiger partial charge is 0.342 e. The van der Waals surface area contributed by atoms with Gasteiger partial charge in [0, 0.05) is 0 Å². The van der Waals surface area contributed by atoms with Gasteiger partial charge in [0.05, 0.1) is 28.2 Å². The highest BCUT2D eigenvalue weighted by Gasteiger charge is 2.37. The lowest BCUT2D eigenvalue weighted by atomic mass is 9.97. The predicted molar refractivity (Wildman–Crippen MR) is 59.9 cm³/mol. The second kappa shape index (κ2) is 4.02. The van der Waals surface area contributed by atoms with Crippen molar-refractivity contribution in [2.45, 2.75) is 26.4 Å². The van der Waals surface area contributed by atoms with E-state index < -0.39 is 11.7 Å². The number of benzene rings is 1. The lowest BCUT2D eigenvalue weighted by Crippen LogP contribution is -2.12. The molecule has 0 fully saturated rings. The summed E-state index contributed by atoms with van der Waals surface area (Å²) < 4.78 is 39.1. The van der Waals surface area contributed by atoms with E-state index in [0.717, 1.165) is 0 Å². The van der Waals surface area contributed by atoms with Gasteiger partial charge in [-0.05, 0) is 25.0 Å². The van der Waals surface area contributed by atoms with Crippen LogP contribution in [0, 0.1) is 18.3 Å². The topological polar surface area (TPSA) is 52.5 Å². The van der Waals surface area contributed by atoms with Gasteiger partial charge in [0.2, 0.25) is 0 Å². The van der Waals surface area contributed by atoms with Crippen molar-refractivity contribution in [1.29, 1.82) is 5.26 Å². The quantitative estimate of drug-likeness (QED) is 0.847. The minimum Gasteiger partial charge on any atom is -0.342 e. The van der Waals surface area contributed by atoms with E-state index in [1.807, 2.05) is 0 Å². The van der Waals surface area contributed by atoms with E-state index in [1.165, 1.54) is 6.07 Å². The zero-order valence-corrected chi connectivity index (χ0v) is 9.81. The van der Waals surface area contributed by atoms with Crippen molar-refractivity contribution in [3.63, 3.8) is 0 Å². The van der Waals surface area contributed by atoms with Gasteiger partial charge in [-0.3, -0.25) is 0 Å². The Labute approximate surface area is 101 Å². The molecule has 0 aliphatic rings. The van der Waals surface area contributed by atoms with Crippen LogP contribution in [0.3, 0.4) is 0 Å². The molecule has 1 aromatic carbocycles. The molecule has 6 heteroatoms. The third kappa shape index (κ3) is 1.82. The Morgan fingerprint density at radius 3 is 2.61 bits per heavy atom. The molecule has 0 saturated heterocycles. The van der Waals surface area contributed by atoms with Crippen molar-refractivity contribution in [2.75, 3.05) is 0 Å². The van der Waals surface area contributed by atoms with Crippen molar-refractivity contribution < 1.29 is 13.2 Å². The molecule has 0 amide bonds. The number of nitrogens with one attached hydrogen (secondary N) is 1. The number of nitriles is 1. The monoisotopic (exact) mass is 253 g/mol. The highest BCUT2D eigenvalue weighted by molar-refractivity contribution is 5.83. The zero-order valence-electron chi connectivity index (χ0n) is 9.81. The Balaban J connectivity index is 2.94. The number of hydrogen-bond donors (Lipinski definition) is 1. The Hall–Kier alpha value is -2.03. The van der Waals surface area contributed by atoms with Gasteiger partial charge in [-0.2, -0.15) is 18.4 Å². The largest absolute Gasteiger partial charge is 0.418 e. The molecule has 18 heavy (non-hydrogen) atoms. The first kappa shape index (κ1) is 12.4. The average Bonchev–Trinajstić information content (AvgIpc) is 2.64. The summed E-state index contributed by atoms with van der Waals surface area (Å²) in [5.41, 5.74) is -0.405. The number of aryl methyl sites for hydroxylation is 2. The first-order valence-corrected chi connectivity index (χ1v) is 5.38. The van der Waals surface area contributed by atoms with Crippen molar-refractivity contribution >= 4 is 11.0 Å². The molecule has 0 aliphatic heterocycles. The molecular formula is C12H10F3N3. The number of fused-ring (bicyclic) bond motifs is 1. The standard InChI is InChI=1S/C12H10F3N3/c1-3-8-10(12(13,14)15)7(5-16)4-9-11(8)18-6(2)17-9/h4H,3H2,1-2H3,(H,17,18). The SMILES string of the molecule is CCc1c(C(F)(F)F)c(C#N)cc2[nH]c(C)nc12. The normalized spacial score (nSPS) is 11.8. The van der Waals surface area contributed by atoms with E-state index in [1.54, 1.807) is 19.9 Å². The molecule has 1 heterocycles. The first-order chi connectivity index (χ1) is 8.38. The molecule has 0 atom stereocenters. The summed E-state index contributed by atoms with van der Waals surface area (Å²) in [5.74, 6) is 0.530. The average molecular weight is 253 g/mol. The fraction of sp³-hybridized carbons (Fsp3) is 0.333. The summed E-state index contributed by atoms with van der Waals surface area (Å²) in [5, 5.41) is 8.88. The van der Waals surface area contributed by atoms with Crippen molar-refractivity contribution in [3.8, 4) is 6.07 Å². The number of nitrogens with zero attached hydrogens (tertiary/aromatic N) is 2. The maximum absolute atomic E-state index is 13.0. The van der Waals surface area contributed by atoms with Crippen molar-refractivity contribution in [2.24, 2.45) is 0 Å². The van der Waals surface area contributed by atoms with Gasteiger partial charge in [-0.1, -0.05) is 6.92 Å². The molecule has 0 unspecified atom stereocenters. The summed E-state index contributed by atoms with van der Waals surface area (Å²) in [7, 11) is 0. The molecule has 0 spiro atoms. The number of hydrogen-bond acceptors (Lipinski definition) is 2. The Morgan fingerprint density at radius 2 is 2.11 bits per heavy atom. The second-order valence-electron chi connectivity index (χ2n) is 3.96. The number of imidazole rings is 1. The van der Waals surface area contributed by atoms with E-state index in [9.17, 15) is 13.2 Å². The molecular weight excluding hydrogens is 243 g/mol. The van der Waals surface area contributed by atoms with Crippen LogP contribution in [0.4, 0.5) is 13.2 Å². The predicted octanol–water partition coefficient (Wildman–Crippen LogP) is 3.32. The number of rotatable bonds is 1. The zero-order chi connectivity index (χ0) is 13.5. The molecule has 0 aliphatic carbocycles. The fourth-order valence-electron chi connectivity index (χ4n) is 2.10. The molecule has 3 nitrogen and oxygen atoms in total. The lowest BCUT2D eigenvalue weighted by Gasteiger charge is -2.13. The van der Waals surface area contributed by atoms with Crippen LogP contribution in [0.25, 0.3) is 11.0 Å². The Kier molecular flexibility index (Phi) is 2.77. The van der Waals surface area contributed by atoms with Crippen LogP contribution >= 0.6 is 0 Å². The van der Waals surface area contributed by atoms with Crippen LogP contribution < -0.4 is 0 Å². The third-order valence-electron chi connectivity index (χ3n) is 2.75. The molecule has 0 saturated carbocycles. The van der Waals surface area contributed by atoms with Crippen molar-refractivity contribution in [1.82, 2.24) is 9.97 Å². The van der Waals surface area contributed by atoms with E-state index in [2.05, 4.69) is 9.97 Å². The number of halogens is 3. The third-order valence-corrected chi connectivity index (χ3v) is 2.75. The second-order valence-corrected chi connectivity index (χ2v) is 3.96. The lowest BCUT2D eigenvalue weighted by molar-refractivity contribution is -0.138. The summed E-state index contributed by atoms with van der Waals surface area (Å²) in [6.07, 6.45) is -4.37. The molecule has 0 bridgehead atoms. The summed E-state index contributed by atoms with van der Waals surface area (Å²) in [4.78, 5) is 6.93. The van der Waals surface area contributed by atoms with Gasteiger partial charge in [0.25, 0.3) is 0 Å². The Morgan fingerprint density at radius 1 is 1.44 bits per heavy atom. The van der Waals surface area contributed by atoms with E-state index >= 15 is 0 Å². The van der Waals surface area contributed by atoms with Crippen LogP contribution in [0.2, 0.25) is 0 Å². The number of H-pyrrole nitrogens is 1. The fourth-order valence-corrected chi connectivity index (χ4v) is 2.10. The number of alkyl halides is 3. The van der Waals surface area contributed by atoms with Crippen LogP contribution in [-0.4, -0.2) is 9.97 Å². The highest BCUT2D eigenvalue weighted by atomic mass is 19.4. The highest BCUT2D eigenvalue weighted by Crippen LogP contribution is 2.37. The van der Waals surface area contributed by atoms with Gasteiger partial charge < -0.3 is 4.98 Å². The first-order valence-electron chi connectivity index (χ1n) is 5.38. The molecule has 0 radical (unpaired) electrons. The number of aromatic nitrogens is 2. The molecule has 1 aromatic heterocycles. The van der Waals surface area contributed by atoms with E-state index in [-0.39, 0.29) is 17.5 Å². The van der Waals surface area contributed by atoms with Crippen LogP contribution in [0.15, 0.2) is 6.07 Å². The van der Waals surface area contributed by atoms with E-state index in [0.29, 0.717) is 16.9 Å². The summed E-state index contributed by atoms with van der Waals surface area (Å²) in [6.45, 7) is 3.29. The van der Waals surface area contributed by atoms with Gasteiger partial charge in [-0.15, -0.1) is 0 Å². The minimum absolute atomic E-state index is 0.0703. The van der Waals surface area contributed by atoms with Crippen LogP contribution in [0.5, 0.6) is 0 Å². The van der Waals surface area contributed by atoms with E-state index in [4.69, 9.17) is 5.26 Å². The Bertz CT molecular complexity index is 647. The molecule has 2 rings (SSSR count). The maximum atomic E-state index is 13.0. The minimum atomic E-state index is -4.54. The number of aromatic amines is 1. The van der Waals surface area contributed by atoms with Crippen LogP contribution in [-0.2, 0) is 12.6 Å². The molecule has 1 N–H and O–H groups in total.